The first-order valence-corrected chi connectivity index (χ1v) is 8.18. The molecule has 0 radical (unpaired) electrons. The number of hydrogen-bond acceptors (Lipinski definition) is 4. The molecule has 7 heteroatoms. The van der Waals surface area contributed by atoms with E-state index < -0.39 is 22.0 Å². The van der Waals surface area contributed by atoms with Crippen LogP contribution in [0, 0.1) is 0 Å². The van der Waals surface area contributed by atoms with Gasteiger partial charge < -0.3 is 15.6 Å². The van der Waals surface area contributed by atoms with Gasteiger partial charge in [0.1, 0.15) is 4.87 Å². The smallest absolute Gasteiger partial charge is 0.313 e. The second-order valence-corrected chi connectivity index (χ2v) is 6.45. The Hall–Kier alpha value is -1.73. The maximum absolute atomic E-state index is 10.9. The molecule has 0 aliphatic heterocycles. The molecule has 1 unspecified atom stereocenters. The van der Waals surface area contributed by atoms with E-state index in [0.717, 1.165) is 24.8 Å². The summed E-state index contributed by atoms with van der Waals surface area (Å²) >= 11 is -2.29. The highest BCUT2D eigenvalue weighted by atomic mass is 32.2. The first-order valence-electron chi connectivity index (χ1n) is 7.10. The Morgan fingerprint density at radius 2 is 1.73 bits per heavy atom. The van der Waals surface area contributed by atoms with E-state index in [1.54, 1.807) is 6.92 Å². The molecule has 6 nitrogen and oxygen atoms in total. The minimum atomic E-state index is -2.29. The number of primary amides is 1. The summed E-state index contributed by atoms with van der Waals surface area (Å²) in [5.74, 6) is 0.121. The number of ketones is 1. The summed E-state index contributed by atoms with van der Waals surface area (Å²) in [5, 5.41) is 2.32. The molecule has 1 aliphatic rings. The molecule has 122 valence electrons. The van der Waals surface area contributed by atoms with Gasteiger partial charge in [0.2, 0.25) is 0 Å². The van der Waals surface area contributed by atoms with Crippen molar-refractivity contribution in [2.45, 2.75) is 43.9 Å². The zero-order chi connectivity index (χ0) is 16.6. The number of rotatable bonds is 3. The van der Waals surface area contributed by atoms with Crippen LogP contribution in [0.3, 0.4) is 0 Å². The maximum atomic E-state index is 10.9. The third-order valence-electron chi connectivity index (χ3n) is 3.51. The second-order valence-electron chi connectivity index (χ2n) is 5.20. The Kier molecular flexibility index (Phi) is 7.20. The summed E-state index contributed by atoms with van der Waals surface area (Å²) in [4.78, 5) is 20.2. The highest BCUT2D eigenvalue weighted by molar-refractivity contribution is 7.80. The predicted octanol–water partition coefficient (Wildman–Crippen LogP) is 2.08. The van der Waals surface area contributed by atoms with Gasteiger partial charge in [-0.15, -0.1) is 0 Å². The van der Waals surface area contributed by atoms with Gasteiger partial charge in [-0.3, -0.25) is 9.00 Å². The van der Waals surface area contributed by atoms with Crippen LogP contribution in [0.15, 0.2) is 30.3 Å². The molecule has 2 rings (SSSR count). The molecule has 1 aromatic carbocycles. The van der Waals surface area contributed by atoms with Crippen LogP contribution in [-0.2, 0) is 11.1 Å². The summed E-state index contributed by atoms with van der Waals surface area (Å²) in [6.45, 7) is 1.56. The van der Waals surface area contributed by atoms with E-state index in [1.165, 1.54) is 0 Å². The number of Topliss-reactive ketones (excluding diaryl/α,β-unsaturated/α-hetero) is 1. The Bertz CT molecular complexity index is 528. The molecule has 3 N–H and O–H groups in total. The molecule has 2 amide bonds. The molecule has 22 heavy (non-hydrogen) atoms. The molecule has 0 heterocycles. The zero-order valence-corrected chi connectivity index (χ0v) is 13.4. The highest BCUT2D eigenvalue weighted by Crippen LogP contribution is 2.30. The molecular formula is C15H21N2O4S-. The Morgan fingerprint density at radius 1 is 1.18 bits per heavy atom. The molecule has 1 saturated carbocycles. The third-order valence-corrected chi connectivity index (χ3v) is 4.66. The van der Waals surface area contributed by atoms with Crippen LogP contribution in [-0.4, -0.2) is 25.4 Å². The second kappa shape index (κ2) is 8.65. The number of carbonyl (C=O) groups is 2. The van der Waals surface area contributed by atoms with Gasteiger partial charge in [-0.25, -0.2) is 4.79 Å². The Morgan fingerprint density at radius 3 is 2.09 bits per heavy atom. The van der Waals surface area contributed by atoms with E-state index in [2.05, 4.69) is 5.32 Å². The molecule has 0 saturated heterocycles. The lowest BCUT2D eigenvalue weighted by Gasteiger charge is -2.38. The molecule has 1 aliphatic carbocycles. The monoisotopic (exact) mass is 325 g/mol. The van der Waals surface area contributed by atoms with Gasteiger partial charge in [0, 0.05) is 5.56 Å². The molecule has 0 bridgehead atoms. The van der Waals surface area contributed by atoms with Crippen molar-refractivity contribution in [2.24, 2.45) is 5.73 Å². The highest BCUT2D eigenvalue weighted by Gasteiger charge is 2.34. The molecular weight excluding hydrogens is 304 g/mol. The van der Waals surface area contributed by atoms with Crippen molar-refractivity contribution in [1.29, 1.82) is 0 Å². The first kappa shape index (κ1) is 18.3. The molecule has 0 spiro atoms. The maximum Gasteiger partial charge on any atom is 0.313 e. The van der Waals surface area contributed by atoms with E-state index in [-0.39, 0.29) is 5.78 Å². The number of nitrogens with one attached hydrogen (secondary N) is 1. The van der Waals surface area contributed by atoms with Crippen molar-refractivity contribution in [3.63, 3.8) is 0 Å². The summed E-state index contributed by atoms with van der Waals surface area (Å²) in [6.07, 6.45) is 3.57. The van der Waals surface area contributed by atoms with Gasteiger partial charge in [-0.1, -0.05) is 49.6 Å². The first-order chi connectivity index (χ1) is 10.4. The lowest BCUT2D eigenvalue weighted by Crippen LogP contribution is -2.54. The van der Waals surface area contributed by atoms with Gasteiger partial charge in [0.25, 0.3) is 0 Å². The minimum Gasteiger partial charge on any atom is -0.771 e. The molecule has 1 fully saturated rings. The normalized spacial score (nSPS) is 17.5. The quantitative estimate of drug-likeness (QED) is 0.654. The number of carbonyl (C=O) groups excluding carboxylic acids is 2. The van der Waals surface area contributed by atoms with E-state index in [4.69, 9.17) is 5.73 Å². The van der Waals surface area contributed by atoms with Crippen LogP contribution >= 0.6 is 0 Å². The van der Waals surface area contributed by atoms with Gasteiger partial charge in [0.05, 0.1) is 0 Å². The standard InChI is InChI=1S/C8H8O.C7H14N2O3S/c1-7(9)8-5-3-2-4-6-8;8-6(10)9-7(13(11)12)4-2-1-3-5-7/h2-6H,1H3;1-5H2,(H,11,12)(H3,8,9,10)/p-1. The average Bonchev–Trinajstić information content (AvgIpc) is 2.49. The number of amides is 2. The van der Waals surface area contributed by atoms with Crippen LogP contribution in [0.2, 0.25) is 0 Å². The molecule has 1 atom stereocenters. The van der Waals surface area contributed by atoms with Crippen molar-refractivity contribution >= 4 is 22.9 Å². The third kappa shape index (κ3) is 5.57. The van der Waals surface area contributed by atoms with Crippen LogP contribution in [0.1, 0.15) is 49.4 Å². The summed E-state index contributed by atoms with van der Waals surface area (Å²) in [5.41, 5.74) is 5.70. The van der Waals surface area contributed by atoms with E-state index in [1.807, 2.05) is 30.3 Å². The molecule has 1 aromatic rings. The van der Waals surface area contributed by atoms with Crippen molar-refractivity contribution in [1.82, 2.24) is 5.32 Å². The Labute approximate surface area is 132 Å². The fraction of sp³-hybridized carbons (Fsp3) is 0.467. The summed E-state index contributed by atoms with van der Waals surface area (Å²) in [6, 6.07) is 8.45. The van der Waals surface area contributed by atoms with E-state index >= 15 is 0 Å². The van der Waals surface area contributed by atoms with Crippen molar-refractivity contribution in [3.8, 4) is 0 Å². The minimum absolute atomic E-state index is 0.121. The molecule has 0 aromatic heterocycles. The van der Waals surface area contributed by atoms with Crippen molar-refractivity contribution in [2.75, 3.05) is 0 Å². The van der Waals surface area contributed by atoms with Crippen molar-refractivity contribution in [3.05, 3.63) is 35.9 Å². The van der Waals surface area contributed by atoms with Crippen LogP contribution in [0.4, 0.5) is 4.79 Å². The van der Waals surface area contributed by atoms with Crippen LogP contribution in [0.5, 0.6) is 0 Å². The number of benzene rings is 1. The summed E-state index contributed by atoms with van der Waals surface area (Å²) < 4.78 is 21.9. The summed E-state index contributed by atoms with van der Waals surface area (Å²) in [7, 11) is 0. The lowest BCUT2D eigenvalue weighted by atomic mass is 9.95. The number of urea groups is 1. The fourth-order valence-electron chi connectivity index (χ4n) is 2.35. The number of nitrogens with two attached hydrogens (primary N) is 1. The largest absolute Gasteiger partial charge is 0.771 e. The lowest BCUT2D eigenvalue weighted by molar-refractivity contribution is 0.101. The van der Waals surface area contributed by atoms with Gasteiger partial charge in [-0.2, -0.15) is 0 Å². The topological polar surface area (TPSA) is 112 Å². The van der Waals surface area contributed by atoms with Gasteiger partial charge in [-0.05, 0) is 30.8 Å². The zero-order valence-electron chi connectivity index (χ0n) is 12.5. The van der Waals surface area contributed by atoms with E-state index in [9.17, 15) is 18.4 Å². The van der Waals surface area contributed by atoms with E-state index in [0.29, 0.717) is 12.8 Å². The van der Waals surface area contributed by atoms with Crippen LogP contribution < -0.4 is 11.1 Å². The fourth-order valence-corrected chi connectivity index (χ4v) is 3.16. The average molecular weight is 325 g/mol. The predicted molar refractivity (Wildman–Crippen MR) is 83.9 cm³/mol. The van der Waals surface area contributed by atoms with Gasteiger partial charge >= 0.3 is 6.03 Å². The van der Waals surface area contributed by atoms with Crippen molar-refractivity contribution < 1.29 is 18.4 Å². The number of hydrogen-bond donors (Lipinski definition) is 2. The van der Waals surface area contributed by atoms with Crippen LogP contribution in [0.25, 0.3) is 0 Å². The SMILES string of the molecule is CC(=O)c1ccccc1.NC(=O)NC1(S(=O)[O-])CCCCC1. The van der Waals surface area contributed by atoms with Gasteiger partial charge in [0.15, 0.2) is 5.78 Å². The Balaban J connectivity index is 0.000000235.